The summed E-state index contributed by atoms with van der Waals surface area (Å²) < 4.78 is 0. The molecule has 0 aliphatic rings. The van der Waals surface area contributed by atoms with Gasteiger partial charge < -0.3 is 28.2 Å². The summed E-state index contributed by atoms with van der Waals surface area (Å²) in [5, 5.41) is 0. The molecule has 0 bridgehead atoms. The fourth-order valence-corrected chi connectivity index (χ4v) is 0. The van der Waals surface area contributed by atoms with E-state index in [4.69, 9.17) is 19.2 Å². The van der Waals surface area contributed by atoms with Crippen LogP contribution in [0.5, 0.6) is 0 Å². The average molecular weight is 278 g/mol. The van der Waals surface area contributed by atoms with Gasteiger partial charge in [-0.15, -0.1) is 0 Å². The zero-order chi connectivity index (χ0) is 4.50. The van der Waals surface area contributed by atoms with E-state index in [1.165, 1.54) is 0 Å². The van der Waals surface area contributed by atoms with Crippen molar-refractivity contribution in [2.24, 2.45) is 0 Å². The molecule has 0 saturated heterocycles. The van der Waals surface area contributed by atoms with Gasteiger partial charge in [0, 0.05) is 20.4 Å². The maximum Gasteiger partial charge on any atom is 0 e. The average Bonchev–Trinajstić information content (AvgIpc) is 0.722. The predicted molar refractivity (Wildman–Crippen MR) is 5.75 cm³/mol. The van der Waals surface area contributed by atoms with Crippen molar-refractivity contribution in [3.05, 3.63) is 0 Å². The first-order valence-electron chi connectivity index (χ1n) is 0.816. The quantitative estimate of drug-likeness (QED) is 0.414. The van der Waals surface area contributed by atoms with E-state index >= 15 is 0 Å². The van der Waals surface area contributed by atoms with Gasteiger partial charge >= 0.3 is 0 Å². The van der Waals surface area contributed by atoms with E-state index in [0.717, 1.165) is 0 Å². The molecule has 0 fully saturated rings. The third-order valence-corrected chi connectivity index (χ3v) is 0. The molecule has 4 nitrogen and oxygen atoms in total. The summed E-state index contributed by atoms with van der Waals surface area (Å²) in [6.07, 6.45) is 0. The van der Waals surface area contributed by atoms with E-state index in [1.54, 1.807) is 0 Å². The maximum absolute atomic E-state index is 8.58. The van der Waals surface area contributed by atoms with Gasteiger partial charge in [-0.3, -0.25) is 0 Å². The van der Waals surface area contributed by atoms with Gasteiger partial charge in [-0.1, -0.05) is 0 Å². The van der Waals surface area contributed by atoms with Gasteiger partial charge in [0.05, 0.1) is 0 Å². The molecular formula is O4ReSi-4. The standard InChI is InChI=1S/O4Si.Re/c1-5(2,3)4;/q-4;. The van der Waals surface area contributed by atoms with Crippen LogP contribution in [0.2, 0.25) is 0 Å². The first-order chi connectivity index (χ1) is 2.00. The van der Waals surface area contributed by atoms with Crippen molar-refractivity contribution in [1.29, 1.82) is 0 Å². The van der Waals surface area contributed by atoms with Gasteiger partial charge in [0.2, 0.25) is 0 Å². The second-order valence-electron chi connectivity index (χ2n) is 0.500. The van der Waals surface area contributed by atoms with Crippen LogP contribution < -0.4 is 19.2 Å². The smallest absolute Gasteiger partial charge is 0 e. The Morgan fingerprint density at radius 2 is 0.833 bits per heavy atom. The van der Waals surface area contributed by atoms with E-state index in [0.29, 0.717) is 0 Å². The maximum atomic E-state index is 8.58. The molecule has 39 valence electrons. The van der Waals surface area contributed by atoms with Crippen molar-refractivity contribution < 1.29 is 39.6 Å². The van der Waals surface area contributed by atoms with Crippen molar-refractivity contribution in [1.82, 2.24) is 0 Å². The SMILES string of the molecule is [O-][Si]([O-])([O-])[O-].[Re]. The topological polar surface area (TPSA) is 92.2 Å². The third-order valence-electron chi connectivity index (χ3n) is 0. The van der Waals surface area contributed by atoms with Gasteiger partial charge in [-0.05, 0) is 0 Å². The van der Waals surface area contributed by atoms with Crippen LogP contribution in [0.25, 0.3) is 0 Å². The Balaban J connectivity index is 0. The Morgan fingerprint density at radius 3 is 0.833 bits per heavy atom. The third kappa shape index (κ3) is 126. The second kappa shape index (κ2) is 2.82. The summed E-state index contributed by atoms with van der Waals surface area (Å²) in [4.78, 5) is 34.3. The van der Waals surface area contributed by atoms with Crippen LogP contribution in [-0.4, -0.2) is 9.05 Å². The van der Waals surface area contributed by atoms with Gasteiger partial charge in [-0.25, -0.2) is 0 Å². The minimum Gasteiger partial charge on any atom is -0.894 e. The summed E-state index contributed by atoms with van der Waals surface area (Å²) in [5.74, 6) is 0. The first kappa shape index (κ1) is 9.87. The van der Waals surface area contributed by atoms with Crippen LogP contribution in [0.3, 0.4) is 0 Å². The molecule has 0 saturated carbocycles. The molecule has 0 unspecified atom stereocenters. The van der Waals surface area contributed by atoms with Crippen LogP contribution in [0.1, 0.15) is 0 Å². The molecule has 0 aromatic rings. The van der Waals surface area contributed by atoms with E-state index in [1.807, 2.05) is 0 Å². The summed E-state index contributed by atoms with van der Waals surface area (Å²) in [5.41, 5.74) is 0. The summed E-state index contributed by atoms with van der Waals surface area (Å²) in [6, 6.07) is 0. The van der Waals surface area contributed by atoms with E-state index in [9.17, 15) is 0 Å². The zero-order valence-corrected chi connectivity index (χ0v) is 6.23. The molecule has 6 heavy (non-hydrogen) atoms. The van der Waals surface area contributed by atoms with Crippen LogP contribution in [0.15, 0.2) is 0 Å². The Morgan fingerprint density at radius 1 is 0.833 bits per heavy atom. The summed E-state index contributed by atoms with van der Waals surface area (Å²) in [7, 11) is -5.61. The number of hydrogen-bond donors (Lipinski definition) is 0. The monoisotopic (exact) mass is 279 g/mol. The Hall–Kier alpha value is 0.719. The van der Waals surface area contributed by atoms with E-state index in [-0.39, 0.29) is 20.4 Å². The van der Waals surface area contributed by atoms with Crippen molar-refractivity contribution >= 4 is 9.05 Å². The summed E-state index contributed by atoms with van der Waals surface area (Å²) >= 11 is 0. The Kier molecular flexibility index (Phi) is 4.64. The molecule has 0 N–H and O–H groups in total. The van der Waals surface area contributed by atoms with Crippen LogP contribution in [0, 0.1) is 0 Å². The molecule has 0 atom stereocenters. The van der Waals surface area contributed by atoms with Crippen LogP contribution >= 0.6 is 0 Å². The molecule has 1 radical (unpaired) electrons. The normalized spacial score (nSPS) is 10.0. The first-order valence-corrected chi connectivity index (χ1v) is 2.45. The minimum atomic E-state index is -5.61. The Bertz CT molecular complexity index is 23.0. The fourth-order valence-electron chi connectivity index (χ4n) is 0. The Labute approximate surface area is 49.2 Å². The molecular weight excluding hydrogens is 278 g/mol. The zero-order valence-electron chi connectivity index (χ0n) is 2.51. The van der Waals surface area contributed by atoms with Gasteiger partial charge in [0.25, 0.3) is 0 Å². The van der Waals surface area contributed by atoms with Crippen molar-refractivity contribution in [3.8, 4) is 0 Å². The summed E-state index contributed by atoms with van der Waals surface area (Å²) in [6.45, 7) is 0. The van der Waals surface area contributed by atoms with Gasteiger partial charge in [0.15, 0.2) is 0 Å². The predicted octanol–water partition coefficient (Wildman–Crippen LogP) is -5.14. The number of rotatable bonds is 0. The minimum absolute atomic E-state index is 0. The molecule has 0 spiro atoms. The largest absolute Gasteiger partial charge is 0.894 e. The van der Waals surface area contributed by atoms with Crippen molar-refractivity contribution in [3.63, 3.8) is 0 Å². The van der Waals surface area contributed by atoms with Crippen molar-refractivity contribution in [2.45, 2.75) is 0 Å². The van der Waals surface area contributed by atoms with Gasteiger partial charge in [0.1, 0.15) is 0 Å². The number of hydrogen-bond acceptors (Lipinski definition) is 4. The second-order valence-corrected chi connectivity index (χ2v) is 1.50. The van der Waals surface area contributed by atoms with Crippen LogP contribution in [-0.2, 0) is 20.4 Å². The molecule has 0 heterocycles. The van der Waals surface area contributed by atoms with E-state index in [2.05, 4.69) is 0 Å². The molecule has 0 aromatic heterocycles. The fraction of sp³-hybridized carbons (Fsp3) is 0. The van der Waals surface area contributed by atoms with E-state index < -0.39 is 9.05 Å². The molecule has 0 aliphatic heterocycles. The van der Waals surface area contributed by atoms with Crippen molar-refractivity contribution in [2.75, 3.05) is 0 Å². The molecule has 0 aromatic carbocycles. The van der Waals surface area contributed by atoms with Gasteiger partial charge in [-0.2, -0.15) is 0 Å². The molecule has 0 aliphatic carbocycles. The molecule has 0 rings (SSSR count). The molecule has 0 amide bonds. The van der Waals surface area contributed by atoms with Crippen LogP contribution in [0.4, 0.5) is 0 Å². The molecule has 6 heteroatoms.